The van der Waals surface area contributed by atoms with Crippen molar-refractivity contribution < 1.29 is 17.9 Å². The second kappa shape index (κ2) is 11.9. The van der Waals surface area contributed by atoms with E-state index in [-0.39, 0.29) is 22.4 Å². The van der Waals surface area contributed by atoms with E-state index in [1.165, 1.54) is 26.0 Å². The normalized spacial score (nSPS) is 15.2. The van der Waals surface area contributed by atoms with Gasteiger partial charge in [0.1, 0.15) is 12.3 Å². The van der Waals surface area contributed by atoms with E-state index in [1.54, 1.807) is 36.4 Å². The van der Waals surface area contributed by atoms with Gasteiger partial charge in [0.25, 0.3) is 10.0 Å². The molecule has 1 heterocycles. The number of amides is 1. The van der Waals surface area contributed by atoms with Crippen molar-refractivity contribution in [3.63, 3.8) is 0 Å². The summed E-state index contributed by atoms with van der Waals surface area (Å²) in [5.74, 6) is 0.841. The molecule has 0 bridgehead atoms. The number of aryl methyl sites for hydroxylation is 1. The monoisotopic (exact) mass is 507 g/mol. The number of halogens is 1. The minimum absolute atomic E-state index is 0.108. The molecule has 7 nitrogen and oxygen atoms in total. The van der Waals surface area contributed by atoms with Crippen molar-refractivity contribution in [1.29, 1.82) is 0 Å². The van der Waals surface area contributed by atoms with Gasteiger partial charge < -0.3 is 15.0 Å². The predicted octanol–water partition coefficient (Wildman–Crippen LogP) is 4.09. The lowest BCUT2D eigenvalue weighted by Gasteiger charge is -2.30. The molecule has 9 heteroatoms. The van der Waals surface area contributed by atoms with E-state index in [1.807, 2.05) is 6.92 Å². The Morgan fingerprint density at radius 2 is 1.85 bits per heavy atom. The summed E-state index contributed by atoms with van der Waals surface area (Å²) in [6.45, 7) is 7.42. The predicted molar refractivity (Wildman–Crippen MR) is 136 cm³/mol. The Morgan fingerprint density at radius 1 is 1.18 bits per heavy atom. The Hall–Kier alpha value is -2.29. The van der Waals surface area contributed by atoms with Gasteiger partial charge in [-0.2, -0.15) is 0 Å². The average molecular weight is 508 g/mol. The minimum Gasteiger partial charge on any atom is -0.495 e. The fourth-order valence-electron chi connectivity index (χ4n) is 3.97. The lowest BCUT2D eigenvalue weighted by molar-refractivity contribution is -0.119. The molecule has 34 heavy (non-hydrogen) atoms. The molecule has 1 amide bonds. The standard InChI is InChI=1S/C25H34ClN3O4S/c1-19-5-8-22(9-6-19)34(31,32)29(21-7-10-24(33-3)23(26)17-21)18-25(30)27-13-4-14-28-15-11-20(2)12-16-28/h5-10,17,20H,4,11-16,18H2,1-3H3,(H,27,30). The highest BCUT2D eigenvalue weighted by atomic mass is 35.5. The van der Waals surface area contributed by atoms with Crippen molar-refractivity contribution in [3.05, 3.63) is 53.1 Å². The molecule has 186 valence electrons. The number of rotatable bonds is 10. The second-order valence-corrected chi connectivity index (χ2v) is 11.1. The van der Waals surface area contributed by atoms with E-state index in [9.17, 15) is 13.2 Å². The highest BCUT2D eigenvalue weighted by Crippen LogP contribution is 2.32. The fourth-order valence-corrected chi connectivity index (χ4v) is 5.63. The third-order valence-corrected chi connectivity index (χ3v) is 8.25. The molecule has 0 unspecified atom stereocenters. The molecule has 2 aromatic carbocycles. The van der Waals surface area contributed by atoms with Crippen LogP contribution in [0.4, 0.5) is 5.69 Å². The summed E-state index contributed by atoms with van der Waals surface area (Å²) in [6, 6.07) is 11.2. The number of carbonyl (C=O) groups is 1. The van der Waals surface area contributed by atoms with E-state index < -0.39 is 10.0 Å². The summed E-state index contributed by atoms with van der Waals surface area (Å²) in [7, 11) is -2.50. The number of piperidine rings is 1. The zero-order valence-corrected chi connectivity index (χ0v) is 21.7. The topological polar surface area (TPSA) is 79.0 Å². The van der Waals surface area contributed by atoms with Crippen LogP contribution in [-0.2, 0) is 14.8 Å². The first-order valence-corrected chi connectivity index (χ1v) is 13.4. The molecule has 2 aromatic rings. The Morgan fingerprint density at radius 3 is 2.47 bits per heavy atom. The Labute approximate surface area is 208 Å². The SMILES string of the molecule is COc1ccc(N(CC(=O)NCCCN2CCC(C)CC2)S(=O)(=O)c2ccc(C)cc2)cc1Cl. The number of hydrogen-bond donors (Lipinski definition) is 1. The van der Waals surface area contributed by atoms with Gasteiger partial charge in [-0.05, 0) is 82.1 Å². The molecular weight excluding hydrogens is 474 g/mol. The van der Waals surface area contributed by atoms with Crippen LogP contribution in [0.25, 0.3) is 0 Å². The number of anilines is 1. The Balaban J connectivity index is 1.70. The summed E-state index contributed by atoms with van der Waals surface area (Å²) >= 11 is 6.26. The van der Waals surface area contributed by atoms with Gasteiger partial charge >= 0.3 is 0 Å². The zero-order chi connectivity index (χ0) is 24.7. The van der Waals surface area contributed by atoms with Crippen LogP contribution in [0, 0.1) is 12.8 Å². The van der Waals surface area contributed by atoms with Gasteiger partial charge in [-0.15, -0.1) is 0 Å². The number of carbonyl (C=O) groups excluding carboxylic acids is 1. The van der Waals surface area contributed by atoms with Crippen LogP contribution in [0.3, 0.4) is 0 Å². The maximum absolute atomic E-state index is 13.5. The molecule has 0 aliphatic carbocycles. The Bertz CT molecular complexity index is 1070. The molecule has 1 N–H and O–H groups in total. The number of sulfonamides is 1. The first-order chi connectivity index (χ1) is 16.2. The maximum atomic E-state index is 13.5. The third-order valence-electron chi connectivity index (χ3n) is 6.17. The van der Waals surface area contributed by atoms with Gasteiger partial charge in [0.05, 0.1) is 22.7 Å². The minimum atomic E-state index is -3.99. The number of nitrogens with one attached hydrogen (secondary N) is 1. The summed E-state index contributed by atoms with van der Waals surface area (Å²) in [6.07, 6.45) is 3.24. The van der Waals surface area contributed by atoms with Crippen molar-refractivity contribution in [1.82, 2.24) is 10.2 Å². The van der Waals surface area contributed by atoms with Crippen LogP contribution in [-0.4, -0.2) is 59.1 Å². The van der Waals surface area contributed by atoms with Crippen molar-refractivity contribution in [2.24, 2.45) is 5.92 Å². The van der Waals surface area contributed by atoms with E-state index in [0.29, 0.717) is 18.0 Å². The zero-order valence-electron chi connectivity index (χ0n) is 20.1. The maximum Gasteiger partial charge on any atom is 0.264 e. The second-order valence-electron chi connectivity index (χ2n) is 8.87. The van der Waals surface area contributed by atoms with Gasteiger partial charge in [-0.1, -0.05) is 36.2 Å². The highest BCUT2D eigenvalue weighted by Gasteiger charge is 2.28. The number of hydrogen-bond acceptors (Lipinski definition) is 5. The van der Waals surface area contributed by atoms with E-state index in [4.69, 9.17) is 16.3 Å². The van der Waals surface area contributed by atoms with Crippen LogP contribution in [0.2, 0.25) is 5.02 Å². The molecule has 0 saturated carbocycles. The molecule has 1 aliphatic heterocycles. The van der Waals surface area contributed by atoms with Crippen LogP contribution in [0.5, 0.6) is 5.75 Å². The average Bonchev–Trinajstić information content (AvgIpc) is 2.81. The number of benzene rings is 2. The first kappa shape index (κ1) is 26.3. The molecule has 0 radical (unpaired) electrons. The van der Waals surface area contributed by atoms with Gasteiger partial charge in [0.15, 0.2) is 0 Å². The van der Waals surface area contributed by atoms with Crippen LogP contribution >= 0.6 is 11.6 Å². The van der Waals surface area contributed by atoms with Crippen molar-refractivity contribution in [3.8, 4) is 5.75 Å². The van der Waals surface area contributed by atoms with Crippen molar-refractivity contribution in [2.75, 3.05) is 44.1 Å². The van der Waals surface area contributed by atoms with Crippen LogP contribution in [0.1, 0.15) is 31.7 Å². The lowest BCUT2D eigenvalue weighted by atomic mass is 9.99. The first-order valence-electron chi connectivity index (χ1n) is 11.6. The molecule has 0 spiro atoms. The smallest absolute Gasteiger partial charge is 0.264 e. The summed E-state index contributed by atoms with van der Waals surface area (Å²) < 4.78 is 33.2. The number of likely N-dealkylation sites (tertiary alicyclic amines) is 1. The van der Waals surface area contributed by atoms with Gasteiger partial charge in [-0.25, -0.2) is 8.42 Å². The molecular formula is C25H34ClN3O4S. The molecule has 1 fully saturated rings. The Kier molecular flexibility index (Phi) is 9.22. The summed E-state index contributed by atoms with van der Waals surface area (Å²) in [4.78, 5) is 15.3. The largest absolute Gasteiger partial charge is 0.495 e. The highest BCUT2D eigenvalue weighted by molar-refractivity contribution is 7.92. The van der Waals surface area contributed by atoms with E-state index in [0.717, 1.165) is 41.8 Å². The van der Waals surface area contributed by atoms with Gasteiger partial charge in [0.2, 0.25) is 5.91 Å². The quantitative estimate of drug-likeness (QED) is 0.490. The third kappa shape index (κ3) is 6.87. The van der Waals surface area contributed by atoms with Gasteiger partial charge in [0, 0.05) is 6.54 Å². The van der Waals surface area contributed by atoms with E-state index in [2.05, 4.69) is 17.1 Å². The van der Waals surface area contributed by atoms with Crippen LogP contribution in [0.15, 0.2) is 47.4 Å². The number of methoxy groups -OCH3 is 1. The van der Waals surface area contributed by atoms with E-state index >= 15 is 0 Å². The van der Waals surface area contributed by atoms with Gasteiger partial charge in [-0.3, -0.25) is 9.10 Å². The van der Waals surface area contributed by atoms with Crippen molar-refractivity contribution in [2.45, 2.75) is 38.0 Å². The fraction of sp³-hybridized carbons (Fsp3) is 0.480. The number of nitrogens with zero attached hydrogens (tertiary/aromatic N) is 2. The molecule has 3 rings (SSSR count). The lowest BCUT2D eigenvalue weighted by Crippen LogP contribution is -2.42. The van der Waals surface area contributed by atoms with Crippen molar-refractivity contribution >= 4 is 33.2 Å². The molecule has 1 aliphatic rings. The molecule has 1 saturated heterocycles. The van der Waals surface area contributed by atoms with Crippen LogP contribution < -0.4 is 14.4 Å². The summed E-state index contributed by atoms with van der Waals surface area (Å²) in [5.41, 5.74) is 1.24. The summed E-state index contributed by atoms with van der Waals surface area (Å²) in [5, 5.41) is 3.14. The molecule has 0 aromatic heterocycles. The number of ether oxygens (including phenoxy) is 1. The molecule has 0 atom stereocenters.